The van der Waals surface area contributed by atoms with Crippen molar-refractivity contribution < 1.29 is 13.9 Å². The zero-order valence-electron chi connectivity index (χ0n) is 21.1. The van der Waals surface area contributed by atoms with Crippen LogP contribution in [-0.2, 0) is 13.0 Å². The molecule has 0 aliphatic rings. The second-order valence-corrected chi connectivity index (χ2v) is 9.19. The lowest BCUT2D eigenvalue weighted by molar-refractivity contribution is 0.0949. The summed E-state index contributed by atoms with van der Waals surface area (Å²) >= 11 is 0. The van der Waals surface area contributed by atoms with Gasteiger partial charge in [0.1, 0.15) is 17.4 Å². The lowest BCUT2D eigenvalue weighted by Gasteiger charge is -2.12. The van der Waals surface area contributed by atoms with Crippen LogP contribution in [0.4, 0.5) is 4.39 Å². The Labute approximate surface area is 212 Å². The number of unbranched alkanes of at least 4 members (excludes halogenated alkanes) is 2. The molecule has 1 aromatic heterocycles. The van der Waals surface area contributed by atoms with Crippen LogP contribution >= 0.6 is 0 Å². The summed E-state index contributed by atoms with van der Waals surface area (Å²) in [5.74, 6) is 1.17. The smallest absolute Gasteiger partial charge is 0.254 e. The standard InChI is InChI=1S/C30H34FN3O2/c1-22-16-17-28(23(2)21-22)36-20-10-19-34-27-14-8-7-13-26(27)33-29(34)15-4-3-9-18-32-30(35)24-11-5-6-12-25(24)31/h5-8,11-14,16-17,21H,3-4,9-10,15,18-20H2,1-2H3,(H,32,35). The molecule has 4 rings (SSSR count). The normalized spacial score (nSPS) is 11.1. The lowest BCUT2D eigenvalue weighted by Crippen LogP contribution is -2.25. The summed E-state index contributed by atoms with van der Waals surface area (Å²) in [6, 6.07) is 20.6. The van der Waals surface area contributed by atoms with Crippen LogP contribution in [-0.4, -0.2) is 28.6 Å². The predicted octanol–water partition coefficient (Wildman–Crippen LogP) is 6.40. The summed E-state index contributed by atoms with van der Waals surface area (Å²) in [4.78, 5) is 17.0. The fraction of sp³-hybridized carbons (Fsp3) is 0.333. The van der Waals surface area contributed by atoms with E-state index in [9.17, 15) is 9.18 Å². The molecule has 1 heterocycles. The van der Waals surface area contributed by atoms with Gasteiger partial charge in [-0.3, -0.25) is 4.79 Å². The number of para-hydroxylation sites is 2. The molecule has 5 nitrogen and oxygen atoms in total. The number of benzene rings is 3. The molecule has 1 amide bonds. The third kappa shape index (κ3) is 6.51. The second-order valence-electron chi connectivity index (χ2n) is 9.19. The summed E-state index contributed by atoms with van der Waals surface area (Å²) in [5.41, 5.74) is 4.65. The van der Waals surface area contributed by atoms with Gasteiger partial charge < -0.3 is 14.6 Å². The molecule has 0 bridgehead atoms. The van der Waals surface area contributed by atoms with E-state index >= 15 is 0 Å². The minimum atomic E-state index is -0.492. The predicted molar refractivity (Wildman–Crippen MR) is 142 cm³/mol. The maximum Gasteiger partial charge on any atom is 0.254 e. The number of carbonyl (C=O) groups excluding carboxylic acids is 1. The molecular weight excluding hydrogens is 453 g/mol. The lowest BCUT2D eigenvalue weighted by atomic mass is 10.1. The van der Waals surface area contributed by atoms with Crippen molar-refractivity contribution in [1.82, 2.24) is 14.9 Å². The van der Waals surface area contributed by atoms with Crippen molar-refractivity contribution in [1.29, 1.82) is 0 Å². The van der Waals surface area contributed by atoms with Crippen LogP contribution in [0.15, 0.2) is 66.7 Å². The number of halogens is 1. The molecular formula is C30H34FN3O2. The zero-order chi connectivity index (χ0) is 25.3. The first kappa shape index (κ1) is 25.4. The molecule has 6 heteroatoms. The molecule has 0 unspecified atom stereocenters. The van der Waals surface area contributed by atoms with Gasteiger partial charge in [-0.25, -0.2) is 9.37 Å². The fourth-order valence-corrected chi connectivity index (χ4v) is 4.46. The molecule has 3 aromatic carbocycles. The van der Waals surface area contributed by atoms with E-state index in [2.05, 4.69) is 54.1 Å². The van der Waals surface area contributed by atoms with E-state index < -0.39 is 5.82 Å². The zero-order valence-corrected chi connectivity index (χ0v) is 21.1. The molecule has 0 spiro atoms. The Morgan fingerprint density at radius 1 is 0.972 bits per heavy atom. The molecule has 0 atom stereocenters. The first-order chi connectivity index (χ1) is 17.5. The van der Waals surface area contributed by atoms with Crippen LogP contribution in [0.3, 0.4) is 0 Å². The van der Waals surface area contributed by atoms with Crippen molar-refractivity contribution >= 4 is 16.9 Å². The average molecular weight is 488 g/mol. The topological polar surface area (TPSA) is 56.1 Å². The van der Waals surface area contributed by atoms with E-state index in [-0.39, 0.29) is 11.5 Å². The molecule has 188 valence electrons. The quantitative estimate of drug-likeness (QED) is 0.235. The highest BCUT2D eigenvalue weighted by molar-refractivity contribution is 5.94. The van der Waals surface area contributed by atoms with Crippen LogP contribution in [0.2, 0.25) is 0 Å². The number of imidazole rings is 1. The Kier molecular flexibility index (Phi) is 8.71. The number of nitrogens with zero attached hydrogens (tertiary/aromatic N) is 2. The molecule has 0 saturated carbocycles. The number of fused-ring (bicyclic) bond motifs is 1. The van der Waals surface area contributed by atoms with Gasteiger partial charge in [-0.05, 0) is 69.0 Å². The van der Waals surface area contributed by atoms with Crippen molar-refractivity contribution in [3.63, 3.8) is 0 Å². The second kappa shape index (κ2) is 12.3. The molecule has 0 aliphatic heterocycles. The number of aromatic nitrogens is 2. The van der Waals surface area contributed by atoms with Crippen molar-refractivity contribution in [2.24, 2.45) is 0 Å². The molecule has 36 heavy (non-hydrogen) atoms. The highest BCUT2D eigenvalue weighted by atomic mass is 19.1. The van der Waals surface area contributed by atoms with Crippen molar-refractivity contribution in [2.75, 3.05) is 13.2 Å². The largest absolute Gasteiger partial charge is 0.493 e. The van der Waals surface area contributed by atoms with Gasteiger partial charge in [0.15, 0.2) is 0 Å². The van der Waals surface area contributed by atoms with E-state index in [4.69, 9.17) is 9.72 Å². The Bertz CT molecular complexity index is 1310. The van der Waals surface area contributed by atoms with Gasteiger partial charge in [0.2, 0.25) is 0 Å². The van der Waals surface area contributed by atoms with Gasteiger partial charge in [0, 0.05) is 19.5 Å². The van der Waals surface area contributed by atoms with Gasteiger partial charge in [-0.2, -0.15) is 0 Å². The number of aryl methyl sites for hydroxylation is 4. The number of hydrogen-bond donors (Lipinski definition) is 1. The van der Waals surface area contributed by atoms with Gasteiger partial charge in [0.05, 0.1) is 23.2 Å². The summed E-state index contributed by atoms with van der Waals surface area (Å²) in [7, 11) is 0. The summed E-state index contributed by atoms with van der Waals surface area (Å²) in [6.07, 6.45) is 4.52. The van der Waals surface area contributed by atoms with Crippen LogP contribution < -0.4 is 10.1 Å². The third-order valence-electron chi connectivity index (χ3n) is 6.33. The molecule has 0 aliphatic carbocycles. The monoisotopic (exact) mass is 487 g/mol. The maximum absolute atomic E-state index is 13.7. The van der Waals surface area contributed by atoms with Crippen LogP contribution in [0.5, 0.6) is 5.75 Å². The van der Waals surface area contributed by atoms with Crippen molar-refractivity contribution in [3.05, 3.63) is 95.1 Å². The van der Waals surface area contributed by atoms with E-state index in [1.807, 2.05) is 12.1 Å². The number of hydrogen-bond acceptors (Lipinski definition) is 3. The molecule has 4 aromatic rings. The van der Waals surface area contributed by atoms with Crippen LogP contribution in [0, 0.1) is 19.7 Å². The first-order valence-electron chi connectivity index (χ1n) is 12.7. The Morgan fingerprint density at radius 3 is 2.61 bits per heavy atom. The molecule has 0 radical (unpaired) electrons. The summed E-state index contributed by atoms with van der Waals surface area (Å²) in [6.45, 7) is 6.19. The Balaban J connectivity index is 1.26. The van der Waals surface area contributed by atoms with E-state index in [1.54, 1.807) is 12.1 Å². The van der Waals surface area contributed by atoms with Gasteiger partial charge in [0.25, 0.3) is 5.91 Å². The highest BCUT2D eigenvalue weighted by Gasteiger charge is 2.12. The van der Waals surface area contributed by atoms with Gasteiger partial charge in [-0.1, -0.05) is 48.4 Å². The third-order valence-corrected chi connectivity index (χ3v) is 6.33. The number of ether oxygens (including phenoxy) is 1. The number of amides is 1. The average Bonchev–Trinajstić information content (AvgIpc) is 3.22. The molecule has 0 saturated heterocycles. The minimum absolute atomic E-state index is 0.0905. The van der Waals surface area contributed by atoms with Crippen LogP contribution in [0.25, 0.3) is 11.0 Å². The summed E-state index contributed by atoms with van der Waals surface area (Å²) < 4.78 is 22.1. The SMILES string of the molecule is Cc1ccc(OCCCn2c(CCCCCNC(=O)c3ccccc3F)nc3ccccc32)c(C)c1. The van der Waals surface area contributed by atoms with Gasteiger partial charge >= 0.3 is 0 Å². The van der Waals surface area contributed by atoms with E-state index in [1.165, 1.54) is 17.7 Å². The minimum Gasteiger partial charge on any atom is -0.493 e. The fourth-order valence-electron chi connectivity index (χ4n) is 4.46. The first-order valence-corrected chi connectivity index (χ1v) is 12.7. The molecule has 0 fully saturated rings. The summed E-state index contributed by atoms with van der Waals surface area (Å²) in [5, 5.41) is 2.81. The van der Waals surface area contributed by atoms with E-state index in [0.717, 1.165) is 66.8 Å². The maximum atomic E-state index is 13.7. The number of carbonyl (C=O) groups is 1. The molecule has 1 N–H and O–H groups in total. The Morgan fingerprint density at radius 2 is 1.78 bits per heavy atom. The van der Waals surface area contributed by atoms with Crippen molar-refractivity contribution in [2.45, 2.75) is 52.5 Å². The number of nitrogens with one attached hydrogen (secondary N) is 1. The van der Waals surface area contributed by atoms with Gasteiger partial charge in [-0.15, -0.1) is 0 Å². The highest BCUT2D eigenvalue weighted by Crippen LogP contribution is 2.21. The number of rotatable bonds is 12. The van der Waals surface area contributed by atoms with Crippen LogP contribution in [0.1, 0.15) is 53.0 Å². The Hall–Kier alpha value is -3.67. The van der Waals surface area contributed by atoms with E-state index in [0.29, 0.717) is 13.2 Å². The van der Waals surface area contributed by atoms with Crippen molar-refractivity contribution in [3.8, 4) is 5.75 Å².